The van der Waals surface area contributed by atoms with E-state index in [2.05, 4.69) is 27.5 Å². The Labute approximate surface area is 163 Å². The smallest absolute Gasteiger partial charge is 0.255 e. The monoisotopic (exact) mass is 368 g/mol. The summed E-state index contributed by atoms with van der Waals surface area (Å²) in [7, 11) is 0. The maximum absolute atomic E-state index is 12.9. The molecule has 5 heteroatoms. The summed E-state index contributed by atoms with van der Waals surface area (Å²) in [6.07, 6.45) is 5.98. The van der Waals surface area contributed by atoms with Gasteiger partial charge in [-0.15, -0.1) is 0 Å². The molecule has 0 unspecified atom stereocenters. The van der Waals surface area contributed by atoms with Crippen LogP contribution < -0.4 is 5.32 Å². The van der Waals surface area contributed by atoms with E-state index in [0.717, 1.165) is 17.7 Å². The van der Waals surface area contributed by atoms with Crippen LogP contribution in [-0.4, -0.2) is 27.2 Å². The number of para-hydroxylation sites is 1. The van der Waals surface area contributed by atoms with Crippen LogP contribution in [0.15, 0.2) is 91.4 Å². The average molecular weight is 368 g/mol. The standard InChI is InChI=1S/C23H20N4O/c28-23(25-15-13-18-8-3-1-4-9-18)21-17-27(20-11-5-2-6-12-20)26-22(21)19-10-7-14-24-16-19/h1-12,14,16-17H,13,15H2,(H,25,28). The second-order valence-corrected chi connectivity index (χ2v) is 6.40. The van der Waals surface area contributed by atoms with Crippen LogP contribution in [0, 0.1) is 0 Å². The summed E-state index contributed by atoms with van der Waals surface area (Å²) in [6.45, 7) is 0.561. The van der Waals surface area contributed by atoms with Crippen molar-refractivity contribution in [3.63, 3.8) is 0 Å². The van der Waals surface area contributed by atoms with Crippen molar-refractivity contribution in [2.45, 2.75) is 6.42 Å². The zero-order valence-electron chi connectivity index (χ0n) is 15.3. The Morgan fingerprint density at radius 1 is 0.929 bits per heavy atom. The summed E-state index contributed by atoms with van der Waals surface area (Å²) in [5, 5.41) is 7.66. The summed E-state index contributed by atoms with van der Waals surface area (Å²) in [6, 6.07) is 23.6. The number of hydrogen-bond acceptors (Lipinski definition) is 3. The molecule has 0 spiro atoms. The lowest BCUT2D eigenvalue weighted by atomic mass is 10.1. The highest BCUT2D eigenvalue weighted by atomic mass is 16.1. The summed E-state index contributed by atoms with van der Waals surface area (Å²) >= 11 is 0. The Morgan fingerprint density at radius 3 is 2.39 bits per heavy atom. The van der Waals surface area contributed by atoms with Crippen LogP contribution in [0.4, 0.5) is 0 Å². The van der Waals surface area contributed by atoms with Gasteiger partial charge in [0.05, 0.1) is 11.3 Å². The quantitative estimate of drug-likeness (QED) is 0.561. The normalized spacial score (nSPS) is 10.6. The fraction of sp³-hybridized carbons (Fsp3) is 0.0870. The first-order chi connectivity index (χ1) is 13.8. The zero-order valence-corrected chi connectivity index (χ0v) is 15.3. The molecule has 0 aliphatic rings. The van der Waals surface area contributed by atoms with E-state index in [1.807, 2.05) is 60.7 Å². The van der Waals surface area contributed by atoms with Crippen LogP contribution in [0.5, 0.6) is 0 Å². The van der Waals surface area contributed by atoms with Crippen molar-refractivity contribution in [1.29, 1.82) is 0 Å². The number of benzene rings is 2. The molecule has 2 heterocycles. The van der Waals surface area contributed by atoms with Gasteiger partial charge in [-0.05, 0) is 36.2 Å². The molecule has 0 saturated carbocycles. The van der Waals surface area contributed by atoms with Crippen LogP contribution in [0.1, 0.15) is 15.9 Å². The van der Waals surface area contributed by atoms with Gasteiger partial charge in [-0.3, -0.25) is 9.78 Å². The molecule has 4 aromatic rings. The minimum absolute atomic E-state index is 0.142. The number of hydrogen-bond donors (Lipinski definition) is 1. The van der Waals surface area contributed by atoms with Gasteiger partial charge >= 0.3 is 0 Å². The van der Waals surface area contributed by atoms with Gasteiger partial charge in [0.2, 0.25) is 0 Å². The van der Waals surface area contributed by atoms with Gasteiger partial charge in [0.15, 0.2) is 0 Å². The highest BCUT2D eigenvalue weighted by Gasteiger charge is 2.18. The Balaban J connectivity index is 1.59. The van der Waals surface area contributed by atoms with Gasteiger partial charge in [-0.1, -0.05) is 48.5 Å². The number of nitrogens with zero attached hydrogens (tertiary/aromatic N) is 3. The molecule has 0 aliphatic heterocycles. The molecular weight excluding hydrogens is 348 g/mol. The summed E-state index contributed by atoms with van der Waals surface area (Å²) in [5.41, 5.74) is 4.05. The molecule has 0 radical (unpaired) electrons. The predicted octanol–water partition coefficient (Wildman–Crippen LogP) is 3.91. The minimum atomic E-state index is -0.142. The fourth-order valence-corrected chi connectivity index (χ4v) is 3.03. The fourth-order valence-electron chi connectivity index (χ4n) is 3.03. The molecule has 5 nitrogen and oxygen atoms in total. The third-order valence-corrected chi connectivity index (χ3v) is 4.46. The van der Waals surface area contributed by atoms with Gasteiger partial charge in [0.1, 0.15) is 5.69 Å². The molecular formula is C23H20N4O. The van der Waals surface area contributed by atoms with E-state index in [-0.39, 0.29) is 5.91 Å². The van der Waals surface area contributed by atoms with Crippen molar-refractivity contribution in [1.82, 2.24) is 20.1 Å². The molecule has 0 aliphatic carbocycles. The van der Waals surface area contributed by atoms with E-state index >= 15 is 0 Å². The Hall–Kier alpha value is -3.73. The van der Waals surface area contributed by atoms with E-state index in [9.17, 15) is 4.79 Å². The second kappa shape index (κ2) is 8.31. The Kier molecular flexibility index (Phi) is 5.24. The zero-order chi connectivity index (χ0) is 19.2. The van der Waals surface area contributed by atoms with Gasteiger partial charge < -0.3 is 5.32 Å². The molecule has 1 N–H and O–H groups in total. The number of amides is 1. The van der Waals surface area contributed by atoms with Gasteiger partial charge in [-0.2, -0.15) is 5.10 Å². The molecule has 0 bridgehead atoms. The average Bonchev–Trinajstić information content (AvgIpc) is 3.21. The van der Waals surface area contributed by atoms with E-state index in [0.29, 0.717) is 17.8 Å². The largest absolute Gasteiger partial charge is 0.352 e. The lowest BCUT2D eigenvalue weighted by Crippen LogP contribution is -2.25. The highest BCUT2D eigenvalue weighted by Crippen LogP contribution is 2.23. The van der Waals surface area contributed by atoms with Crippen molar-refractivity contribution in [3.05, 3.63) is 103 Å². The Bertz CT molecular complexity index is 1040. The topological polar surface area (TPSA) is 59.8 Å². The lowest BCUT2D eigenvalue weighted by Gasteiger charge is -2.05. The summed E-state index contributed by atoms with van der Waals surface area (Å²) in [4.78, 5) is 17.1. The van der Waals surface area contributed by atoms with Crippen molar-refractivity contribution < 1.29 is 4.79 Å². The molecule has 138 valence electrons. The predicted molar refractivity (Wildman–Crippen MR) is 109 cm³/mol. The van der Waals surface area contributed by atoms with E-state index < -0.39 is 0 Å². The van der Waals surface area contributed by atoms with Crippen LogP contribution in [0.3, 0.4) is 0 Å². The molecule has 0 atom stereocenters. The van der Waals surface area contributed by atoms with Gasteiger partial charge in [0.25, 0.3) is 5.91 Å². The van der Waals surface area contributed by atoms with Crippen LogP contribution in [0.2, 0.25) is 0 Å². The van der Waals surface area contributed by atoms with Gasteiger partial charge in [-0.25, -0.2) is 4.68 Å². The third-order valence-electron chi connectivity index (χ3n) is 4.46. The van der Waals surface area contributed by atoms with E-state index in [4.69, 9.17) is 0 Å². The molecule has 0 fully saturated rings. The number of rotatable bonds is 6. The molecule has 28 heavy (non-hydrogen) atoms. The molecule has 2 aromatic carbocycles. The van der Waals surface area contributed by atoms with Crippen LogP contribution >= 0.6 is 0 Å². The molecule has 2 aromatic heterocycles. The highest BCUT2D eigenvalue weighted by molar-refractivity contribution is 5.99. The minimum Gasteiger partial charge on any atom is -0.352 e. The Morgan fingerprint density at radius 2 is 1.68 bits per heavy atom. The number of aromatic nitrogens is 3. The SMILES string of the molecule is O=C(NCCc1ccccc1)c1cn(-c2ccccc2)nc1-c1cccnc1. The van der Waals surface area contributed by atoms with Gasteiger partial charge in [0, 0.05) is 30.7 Å². The maximum atomic E-state index is 12.9. The van der Waals surface area contributed by atoms with Crippen molar-refractivity contribution in [2.24, 2.45) is 0 Å². The first-order valence-electron chi connectivity index (χ1n) is 9.19. The van der Waals surface area contributed by atoms with E-state index in [1.54, 1.807) is 23.3 Å². The summed E-state index contributed by atoms with van der Waals surface area (Å²) in [5.74, 6) is -0.142. The molecule has 4 rings (SSSR count). The molecule has 1 amide bonds. The van der Waals surface area contributed by atoms with Crippen molar-refractivity contribution in [3.8, 4) is 16.9 Å². The number of carbonyl (C=O) groups excluding carboxylic acids is 1. The number of nitrogens with one attached hydrogen (secondary N) is 1. The second-order valence-electron chi connectivity index (χ2n) is 6.40. The first-order valence-corrected chi connectivity index (χ1v) is 9.19. The molecule has 0 saturated heterocycles. The number of carbonyl (C=O) groups is 1. The summed E-state index contributed by atoms with van der Waals surface area (Å²) < 4.78 is 1.73. The number of pyridine rings is 1. The lowest BCUT2D eigenvalue weighted by molar-refractivity contribution is 0.0955. The van der Waals surface area contributed by atoms with E-state index in [1.165, 1.54) is 5.56 Å². The van der Waals surface area contributed by atoms with Crippen LogP contribution in [0.25, 0.3) is 16.9 Å². The van der Waals surface area contributed by atoms with Crippen LogP contribution in [-0.2, 0) is 6.42 Å². The third kappa shape index (κ3) is 3.99. The maximum Gasteiger partial charge on any atom is 0.255 e. The first kappa shape index (κ1) is 17.7. The van der Waals surface area contributed by atoms with Crippen molar-refractivity contribution >= 4 is 5.91 Å². The van der Waals surface area contributed by atoms with Crippen molar-refractivity contribution in [2.75, 3.05) is 6.54 Å².